The van der Waals surface area contributed by atoms with Crippen LogP contribution >= 0.6 is 0 Å². The molecule has 0 aromatic carbocycles. The quantitative estimate of drug-likeness (QED) is 0.404. The van der Waals surface area contributed by atoms with Crippen LogP contribution in [0.1, 0.15) is 20.8 Å². The van der Waals surface area contributed by atoms with E-state index in [0.29, 0.717) is 6.29 Å². The van der Waals surface area contributed by atoms with Crippen molar-refractivity contribution in [1.29, 1.82) is 0 Å². The number of halogens is 12. The van der Waals surface area contributed by atoms with Crippen molar-refractivity contribution in [3.8, 4) is 0 Å². The molecule has 0 bridgehead atoms. The van der Waals surface area contributed by atoms with Gasteiger partial charge in [0.15, 0.2) is 0 Å². The normalized spacial score (nSPS) is 11.3. The first kappa shape index (κ1) is 32.0. The second kappa shape index (κ2) is 13.5. The molecule has 19 heteroatoms. The number of rotatable bonds is 2. The van der Waals surface area contributed by atoms with Crippen molar-refractivity contribution in [2.24, 2.45) is 0 Å². The summed E-state index contributed by atoms with van der Waals surface area (Å²) in [6.07, 6.45) is 0.0359. The van der Waals surface area contributed by atoms with E-state index in [2.05, 4.69) is 5.32 Å². The van der Waals surface area contributed by atoms with Crippen LogP contribution in [0.5, 0.6) is 0 Å². The smallest absolute Gasteiger partial charge is 0.444 e. The number of nitrogens with one attached hydrogen (secondary N) is 1. The van der Waals surface area contributed by atoms with Crippen molar-refractivity contribution in [3.05, 3.63) is 0 Å². The second-order valence-electron chi connectivity index (χ2n) is 4.53. The Morgan fingerprint density at radius 2 is 1.04 bits per heavy atom. The summed E-state index contributed by atoms with van der Waals surface area (Å²) in [6.45, 7) is 5.27. The summed E-state index contributed by atoms with van der Waals surface area (Å²) >= 11 is 0. The number of amides is 1. The number of aldehydes is 1. The lowest BCUT2D eigenvalue weighted by atomic mass is 10.2. The Morgan fingerprint density at radius 1 is 0.808 bits per heavy atom. The molecule has 26 heavy (non-hydrogen) atoms. The van der Waals surface area contributed by atoms with Gasteiger partial charge in [-0.2, -0.15) is 0 Å². The predicted molar refractivity (Wildman–Crippen MR) is 70.9 cm³/mol. The van der Waals surface area contributed by atoms with E-state index in [1.54, 1.807) is 20.8 Å². The van der Waals surface area contributed by atoms with Crippen LogP contribution < -0.4 is 5.32 Å². The van der Waals surface area contributed by atoms with E-state index in [1.165, 1.54) is 0 Å². The summed E-state index contributed by atoms with van der Waals surface area (Å²) in [5.74, 6) is 0. The van der Waals surface area contributed by atoms with Gasteiger partial charge in [-0.15, -0.1) is 0 Å². The summed E-state index contributed by atoms with van der Waals surface area (Å²) in [5.41, 5.74) is -0.507. The summed E-state index contributed by atoms with van der Waals surface area (Å²) < 4.78 is 122. The van der Waals surface area contributed by atoms with Crippen molar-refractivity contribution in [1.82, 2.24) is 5.32 Å². The van der Waals surface area contributed by atoms with Gasteiger partial charge in [0.25, 0.3) is 0 Å². The fourth-order valence-electron chi connectivity index (χ4n) is 0.439. The Kier molecular flexibility index (Phi) is 16.6. The summed E-state index contributed by atoms with van der Waals surface area (Å²) in [6, 6.07) is 0. The Balaban J connectivity index is -0.000000136. The maximum absolute atomic E-state index is 10.7. The van der Waals surface area contributed by atoms with Gasteiger partial charge in [0.05, 0.1) is 6.54 Å². The standard InChI is InChI=1S/C7H13NO3.3BF4/c1-7(2,3)11-6(10)8-4-5-9;3*2-1(3,4)5/h5H,4H2,1-3H3,(H,8,10);;;/q;3*-1. The van der Waals surface area contributed by atoms with Gasteiger partial charge in [-0.3, -0.25) is 0 Å². The molecule has 0 aliphatic heterocycles. The molecular formula is C7H13B3F12NO3-3. The number of hydrogen-bond donors (Lipinski definition) is 1. The van der Waals surface area contributed by atoms with Crippen molar-refractivity contribution in [2.75, 3.05) is 6.54 Å². The third-order valence-electron chi connectivity index (χ3n) is 0.729. The molecule has 0 atom stereocenters. The lowest BCUT2D eigenvalue weighted by Crippen LogP contribution is -2.33. The minimum atomic E-state index is -6.00. The van der Waals surface area contributed by atoms with Crippen molar-refractivity contribution in [3.63, 3.8) is 0 Å². The number of alkyl carbamates (subject to hydrolysis) is 1. The molecule has 0 saturated carbocycles. The Bertz CT molecular complexity index is 332. The molecule has 160 valence electrons. The maximum atomic E-state index is 10.7. The first-order valence-electron chi connectivity index (χ1n) is 5.98. The monoisotopic (exact) mass is 420 g/mol. The van der Waals surface area contributed by atoms with Crippen LogP contribution in [-0.4, -0.2) is 46.3 Å². The molecular weight excluding hydrogens is 406 g/mol. The van der Waals surface area contributed by atoms with Crippen molar-refractivity contribution < 1.29 is 66.1 Å². The van der Waals surface area contributed by atoms with Crippen LogP contribution in [0.4, 0.5) is 56.6 Å². The number of ether oxygens (including phenoxy) is 1. The zero-order valence-corrected chi connectivity index (χ0v) is 13.3. The van der Waals surface area contributed by atoms with E-state index in [4.69, 9.17) is 4.74 Å². The van der Waals surface area contributed by atoms with Gasteiger partial charge >= 0.3 is 27.9 Å². The van der Waals surface area contributed by atoms with Crippen LogP contribution in [-0.2, 0) is 9.53 Å². The van der Waals surface area contributed by atoms with Crippen LogP contribution in [0.25, 0.3) is 0 Å². The van der Waals surface area contributed by atoms with Gasteiger partial charge in [-0.1, -0.05) is 0 Å². The average molecular weight is 420 g/mol. The minimum absolute atomic E-state index is 0.00505. The largest absolute Gasteiger partial charge is 0.673 e. The number of carbonyl (C=O) groups is 2. The van der Waals surface area contributed by atoms with E-state index in [0.717, 1.165) is 0 Å². The van der Waals surface area contributed by atoms with E-state index in [9.17, 15) is 61.4 Å². The molecule has 0 unspecified atom stereocenters. The first-order valence-corrected chi connectivity index (χ1v) is 5.98. The molecule has 0 aliphatic carbocycles. The van der Waals surface area contributed by atoms with Crippen LogP contribution in [0, 0.1) is 0 Å². The third-order valence-corrected chi connectivity index (χ3v) is 0.729. The lowest BCUT2D eigenvalue weighted by Gasteiger charge is -2.18. The Labute approximate surface area is 139 Å². The van der Waals surface area contributed by atoms with Crippen LogP contribution in [0.3, 0.4) is 0 Å². The Morgan fingerprint density at radius 3 is 1.19 bits per heavy atom. The molecule has 1 N–H and O–H groups in total. The molecule has 0 saturated heterocycles. The number of carbonyl (C=O) groups excluding carboxylic acids is 2. The molecule has 0 fully saturated rings. The maximum Gasteiger partial charge on any atom is 0.673 e. The van der Waals surface area contributed by atoms with Gasteiger partial charge in [-0.05, 0) is 20.8 Å². The fraction of sp³-hybridized carbons (Fsp3) is 0.714. The number of hydrogen-bond acceptors (Lipinski definition) is 3. The lowest BCUT2D eigenvalue weighted by molar-refractivity contribution is -0.107. The summed E-state index contributed by atoms with van der Waals surface area (Å²) in [4.78, 5) is 20.5. The van der Waals surface area contributed by atoms with Gasteiger partial charge in [0.2, 0.25) is 0 Å². The first-order chi connectivity index (χ1) is 11.0. The Hall–Kier alpha value is -1.71. The summed E-state index contributed by atoms with van der Waals surface area (Å²) in [5, 5.41) is 2.26. The van der Waals surface area contributed by atoms with E-state index in [-0.39, 0.29) is 6.54 Å². The SMILES string of the molecule is CC(C)(C)OC(=O)NCC=O.F[B-](F)(F)F.F[B-](F)(F)F.F[B-](F)(F)F. The molecule has 0 spiro atoms. The molecule has 0 heterocycles. The van der Waals surface area contributed by atoms with Crippen LogP contribution in [0.15, 0.2) is 0 Å². The van der Waals surface area contributed by atoms with E-state index >= 15 is 0 Å². The molecule has 4 nitrogen and oxygen atoms in total. The van der Waals surface area contributed by atoms with Crippen LogP contribution in [0.2, 0.25) is 0 Å². The van der Waals surface area contributed by atoms with Gasteiger partial charge in [-0.25, -0.2) is 4.79 Å². The van der Waals surface area contributed by atoms with E-state index < -0.39 is 33.5 Å². The van der Waals surface area contributed by atoms with Gasteiger partial charge in [0, 0.05) is 0 Å². The minimum Gasteiger partial charge on any atom is -0.444 e. The predicted octanol–water partition coefficient (Wildman–Crippen LogP) is 4.61. The zero-order chi connectivity index (χ0) is 22.4. The highest BCUT2D eigenvalue weighted by Gasteiger charge is 2.21. The topological polar surface area (TPSA) is 55.4 Å². The van der Waals surface area contributed by atoms with Crippen molar-refractivity contribution >= 4 is 34.1 Å². The highest BCUT2D eigenvalue weighted by Crippen LogP contribution is 2.08. The highest BCUT2D eigenvalue weighted by molar-refractivity contribution is 6.50. The molecule has 1 amide bonds. The molecule has 0 rings (SSSR count). The third kappa shape index (κ3) is 190. The molecule has 0 aromatic rings. The molecule has 0 radical (unpaired) electrons. The average Bonchev–Trinajstić information content (AvgIpc) is 2.16. The van der Waals surface area contributed by atoms with E-state index in [1.807, 2.05) is 0 Å². The van der Waals surface area contributed by atoms with Gasteiger partial charge < -0.3 is 66.6 Å². The van der Waals surface area contributed by atoms with Crippen molar-refractivity contribution in [2.45, 2.75) is 26.4 Å². The molecule has 0 aliphatic rings. The fourth-order valence-corrected chi connectivity index (χ4v) is 0.439. The highest BCUT2D eigenvalue weighted by atomic mass is 19.5. The second-order valence-corrected chi connectivity index (χ2v) is 4.53. The molecule has 0 aromatic heterocycles. The van der Waals surface area contributed by atoms with Gasteiger partial charge in [0.1, 0.15) is 11.9 Å². The summed E-state index contributed by atoms with van der Waals surface area (Å²) in [7, 11) is -18.0. The zero-order valence-electron chi connectivity index (χ0n) is 13.3.